The largest absolute Gasteiger partial charge is 0.0622 e. The minimum absolute atomic E-state index is 1.22. The average molecular weight is 583 g/mol. The van der Waals surface area contributed by atoms with Crippen LogP contribution in [0.5, 0.6) is 0 Å². The Bertz CT molecular complexity index is 2500. The fraction of sp³-hybridized carbons (Fsp3) is 0. The Balaban J connectivity index is 1.19. The summed E-state index contributed by atoms with van der Waals surface area (Å²) >= 11 is 0. The third-order valence-corrected chi connectivity index (χ3v) is 9.44. The smallest absolute Gasteiger partial charge is 0.00262 e. The normalized spacial score (nSPS) is 11.5. The van der Waals surface area contributed by atoms with E-state index in [1.807, 2.05) is 0 Å². The van der Waals surface area contributed by atoms with Crippen molar-refractivity contribution in [2.75, 3.05) is 0 Å². The Labute approximate surface area is 268 Å². The van der Waals surface area contributed by atoms with E-state index in [0.29, 0.717) is 0 Å². The first-order valence-corrected chi connectivity index (χ1v) is 15.9. The van der Waals surface area contributed by atoms with Crippen molar-refractivity contribution < 1.29 is 0 Å². The highest BCUT2D eigenvalue weighted by molar-refractivity contribution is 6.21. The zero-order valence-corrected chi connectivity index (χ0v) is 25.3. The predicted molar refractivity (Wildman–Crippen MR) is 198 cm³/mol. The standard InChI is InChI=1S/C46H30/c1-2-11-31(12-3-1)35-14-10-15-38(30-35)46-43-19-8-6-17-41(43)45(42-18-7-9-20-44(42)46)34-24-21-32(22-25-34)36-27-28-40-37(29-36)26-23-33-13-4-5-16-39(33)40/h1-30H. The topological polar surface area (TPSA) is 0 Å². The highest BCUT2D eigenvalue weighted by atomic mass is 14.2. The highest BCUT2D eigenvalue weighted by Crippen LogP contribution is 2.44. The molecule has 0 saturated carbocycles. The van der Waals surface area contributed by atoms with E-state index in [9.17, 15) is 0 Å². The van der Waals surface area contributed by atoms with Crippen LogP contribution in [0, 0.1) is 0 Å². The number of benzene rings is 9. The summed E-state index contributed by atoms with van der Waals surface area (Å²) in [6, 6.07) is 66.5. The average Bonchev–Trinajstić information content (AvgIpc) is 3.14. The van der Waals surface area contributed by atoms with Gasteiger partial charge in [0.15, 0.2) is 0 Å². The van der Waals surface area contributed by atoms with Crippen LogP contribution in [0.15, 0.2) is 182 Å². The second-order valence-corrected chi connectivity index (χ2v) is 12.1. The summed E-state index contributed by atoms with van der Waals surface area (Å²) in [5, 5.41) is 10.2. The Morgan fingerprint density at radius 3 is 1.33 bits per heavy atom. The van der Waals surface area contributed by atoms with Gasteiger partial charge in [-0.1, -0.05) is 170 Å². The molecule has 0 heterocycles. The molecular formula is C46H30. The molecule has 0 amide bonds. The van der Waals surface area contributed by atoms with Gasteiger partial charge in [-0.3, -0.25) is 0 Å². The van der Waals surface area contributed by atoms with Crippen molar-refractivity contribution in [3.63, 3.8) is 0 Å². The number of rotatable bonds is 4. The Morgan fingerprint density at radius 2 is 0.630 bits per heavy atom. The number of hydrogen-bond acceptors (Lipinski definition) is 0. The lowest BCUT2D eigenvalue weighted by atomic mass is 9.85. The fourth-order valence-corrected chi connectivity index (χ4v) is 7.26. The molecule has 0 N–H and O–H groups in total. The molecule has 9 aromatic carbocycles. The first-order valence-electron chi connectivity index (χ1n) is 15.9. The maximum atomic E-state index is 2.34. The van der Waals surface area contributed by atoms with E-state index in [4.69, 9.17) is 0 Å². The SMILES string of the molecule is c1ccc(-c2cccc(-c3c4ccccc4c(-c4ccc(-c5ccc6c(ccc7ccccc76)c5)cc4)c4ccccc34)c2)cc1. The molecule has 0 radical (unpaired) electrons. The Morgan fingerprint density at radius 1 is 0.196 bits per heavy atom. The quantitative estimate of drug-likeness (QED) is 0.143. The van der Waals surface area contributed by atoms with Crippen LogP contribution in [0.4, 0.5) is 0 Å². The molecule has 0 spiro atoms. The lowest BCUT2D eigenvalue weighted by molar-refractivity contribution is 1.61. The molecule has 0 bridgehead atoms. The minimum Gasteiger partial charge on any atom is -0.0622 e. The minimum atomic E-state index is 1.22. The molecule has 0 unspecified atom stereocenters. The molecule has 0 heteroatoms. The van der Waals surface area contributed by atoms with Crippen molar-refractivity contribution >= 4 is 43.1 Å². The van der Waals surface area contributed by atoms with E-state index in [1.165, 1.54) is 87.6 Å². The summed E-state index contributed by atoms with van der Waals surface area (Å²) in [6.07, 6.45) is 0. The van der Waals surface area contributed by atoms with E-state index in [0.717, 1.165) is 0 Å². The van der Waals surface area contributed by atoms with Crippen LogP contribution >= 0.6 is 0 Å². The van der Waals surface area contributed by atoms with E-state index < -0.39 is 0 Å². The van der Waals surface area contributed by atoms with Gasteiger partial charge < -0.3 is 0 Å². The Kier molecular flexibility index (Phi) is 6.25. The van der Waals surface area contributed by atoms with E-state index in [-0.39, 0.29) is 0 Å². The molecule has 0 aromatic heterocycles. The van der Waals surface area contributed by atoms with Crippen molar-refractivity contribution in [1.29, 1.82) is 0 Å². The summed E-state index contributed by atoms with van der Waals surface area (Å²) in [6.45, 7) is 0. The third-order valence-electron chi connectivity index (χ3n) is 9.44. The predicted octanol–water partition coefficient (Wildman–Crippen LogP) is 13.0. The molecule has 0 fully saturated rings. The first-order chi connectivity index (χ1) is 22.8. The maximum absolute atomic E-state index is 2.34. The van der Waals surface area contributed by atoms with Crippen molar-refractivity contribution in [3.8, 4) is 44.5 Å². The molecule has 0 atom stereocenters. The van der Waals surface area contributed by atoms with Gasteiger partial charge in [0.05, 0.1) is 0 Å². The van der Waals surface area contributed by atoms with Crippen LogP contribution in [-0.4, -0.2) is 0 Å². The summed E-state index contributed by atoms with van der Waals surface area (Å²) in [4.78, 5) is 0. The zero-order chi connectivity index (χ0) is 30.5. The first kappa shape index (κ1) is 26.4. The fourth-order valence-electron chi connectivity index (χ4n) is 7.26. The van der Waals surface area contributed by atoms with Gasteiger partial charge in [-0.2, -0.15) is 0 Å². The van der Waals surface area contributed by atoms with E-state index in [2.05, 4.69) is 182 Å². The van der Waals surface area contributed by atoms with Gasteiger partial charge in [0.25, 0.3) is 0 Å². The van der Waals surface area contributed by atoms with Gasteiger partial charge in [0.2, 0.25) is 0 Å². The molecule has 0 saturated heterocycles. The van der Waals surface area contributed by atoms with Crippen molar-refractivity contribution in [2.24, 2.45) is 0 Å². The summed E-state index contributed by atoms with van der Waals surface area (Å²) in [5.41, 5.74) is 9.95. The van der Waals surface area contributed by atoms with Gasteiger partial charge in [0.1, 0.15) is 0 Å². The van der Waals surface area contributed by atoms with Crippen LogP contribution in [0.3, 0.4) is 0 Å². The molecule has 0 aliphatic rings. The second-order valence-electron chi connectivity index (χ2n) is 12.1. The number of hydrogen-bond donors (Lipinski definition) is 0. The number of fused-ring (bicyclic) bond motifs is 5. The molecular weight excluding hydrogens is 553 g/mol. The second kappa shape index (κ2) is 10.9. The lowest BCUT2D eigenvalue weighted by Crippen LogP contribution is -1.91. The molecule has 0 aliphatic carbocycles. The molecule has 9 rings (SSSR count). The maximum Gasteiger partial charge on any atom is -0.00262 e. The van der Waals surface area contributed by atoms with Gasteiger partial charge in [-0.15, -0.1) is 0 Å². The van der Waals surface area contributed by atoms with Crippen LogP contribution in [0.25, 0.3) is 87.6 Å². The van der Waals surface area contributed by atoms with Crippen molar-refractivity contribution in [3.05, 3.63) is 182 Å². The molecule has 0 aliphatic heterocycles. The highest BCUT2D eigenvalue weighted by Gasteiger charge is 2.17. The monoisotopic (exact) mass is 582 g/mol. The van der Waals surface area contributed by atoms with Crippen LogP contribution in [0.1, 0.15) is 0 Å². The zero-order valence-electron chi connectivity index (χ0n) is 25.3. The van der Waals surface area contributed by atoms with Crippen molar-refractivity contribution in [2.45, 2.75) is 0 Å². The van der Waals surface area contributed by atoms with Crippen LogP contribution in [-0.2, 0) is 0 Å². The van der Waals surface area contributed by atoms with E-state index >= 15 is 0 Å². The molecule has 9 aromatic rings. The summed E-state index contributed by atoms with van der Waals surface area (Å²) in [5.74, 6) is 0. The Hall–Kier alpha value is -5.98. The van der Waals surface area contributed by atoms with E-state index in [1.54, 1.807) is 0 Å². The lowest BCUT2D eigenvalue weighted by Gasteiger charge is -2.18. The molecule has 0 nitrogen and oxygen atoms in total. The molecule has 214 valence electrons. The summed E-state index contributed by atoms with van der Waals surface area (Å²) < 4.78 is 0. The van der Waals surface area contributed by atoms with Gasteiger partial charge in [-0.25, -0.2) is 0 Å². The van der Waals surface area contributed by atoms with Crippen LogP contribution in [0.2, 0.25) is 0 Å². The van der Waals surface area contributed by atoms with Gasteiger partial charge in [0, 0.05) is 0 Å². The third kappa shape index (κ3) is 4.38. The van der Waals surface area contributed by atoms with Crippen molar-refractivity contribution in [1.82, 2.24) is 0 Å². The molecule has 46 heavy (non-hydrogen) atoms. The van der Waals surface area contributed by atoms with Gasteiger partial charge >= 0.3 is 0 Å². The van der Waals surface area contributed by atoms with Gasteiger partial charge in [-0.05, 0) is 99.7 Å². The summed E-state index contributed by atoms with van der Waals surface area (Å²) in [7, 11) is 0. The van der Waals surface area contributed by atoms with Crippen LogP contribution < -0.4 is 0 Å².